The third-order valence-electron chi connectivity index (χ3n) is 4.82. The van der Waals surface area contributed by atoms with Crippen LogP contribution in [0.3, 0.4) is 0 Å². The molecule has 1 fully saturated rings. The lowest BCUT2D eigenvalue weighted by Gasteiger charge is -2.27. The Labute approximate surface area is 154 Å². The van der Waals surface area contributed by atoms with Crippen LogP contribution in [0.2, 0.25) is 0 Å². The second-order valence-corrected chi connectivity index (χ2v) is 6.66. The van der Waals surface area contributed by atoms with E-state index in [1.807, 2.05) is 11.8 Å². The molecule has 0 bridgehead atoms. The van der Waals surface area contributed by atoms with E-state index in [9.17, 15) is 13.6 Å². The molecule has 140 valence electrons. The smallest absolute Gasteiger partial charge is 0.261 e. The van der Waals surface area contributed by atoms with E-state index < -0.39 is 18.5 Å². The number of rotatable bonds is 4. The molecule has 1 saturated heterocycles. The van der Waals surface area contributed by atoms with Crippen molar-refractivity contribution in [2.75, 3.05) is 11.4 Å². The Hall–Kier alpha value is -2.90. The molecule has 0 spiro atoms. The Morgan fingerprint density at radius 2 is 2.04 bits per heavy atom. The number of halogens is 2. The van der Waals surface area contributed by atoms with Crippen LogP contribution in [0.5, 0.6) is 0 Å². The van der Waals surface area contributed by atoms with Crippen molar-refractivity contribution >= 4 is 16.7 Å². The average molecular weight is 371 g/mol. The summed E-state index contributed by atoms with van der Waals surface area (Å²) in [5, 5.41) is 0.349. The van der Waals surface area contributed by atoms with Crippen LogP contribution in [-0.2, 0) is 6.54 Å². The van der Waals surface area contributed by atoms with Crippen molar-refractivity contribution in [1.82, 2.24) is 19.5 Å². The summed E-state index contributed by atoms with van der Waals surface area (Å²) in [6.45, 7) is 1.89. The maximum atomic E-state index is 13.2. The summed E-state index contributed by atoms with van der Waals surface area (Å²) in [5.41, 5.74) is 0.885. The van der Waals surface area contributed by atoms with Gasteiger partial charge in [-0.1, -0.05) is 12.1 Å². The molecule has 8 heteroatoms. The van der Waals surface area contributed by atoms with Crippen LogP contribution in [0, 0.1) is 6.92 Å². The quantitative estimate of drug-likeness (QED) is 0.705. The number of fused-ring (bicyclic) bond motifs is 1. The van der Waals surface area contributed by atoms with Crippen LogP contribution in [0.15, 0.2) is 41.5 Å². The zero-order chi connectivity index (χ0) is 19.0. The van der Waals surface area contributed by atoms with E-state index in [1.54, 1.807) is 36.7 Å². The van der Waals surface area contributed by atoms with Crippen LogP contribution < -0.4 is 10.5 Å². The molecule has 0 aliphatic carbocycles. The monoisotopic (exact) mass is 371 g/mol. The van der Waals surface area contributed by atoms with Crippen molar-refractivity contribution in [3.05, 3.63) is 58.5 Å². The molecule has 2 aromatic heterocycles. The number of aryl methyl sites for hydroxylation is 1. The lowest BCUT2D eigenvalue weighted by molar-refractivity contribution is 0.123. The van der Waals surface area contributed by atoms with Gasteiger partial charge in [0.2, 0.25) is 0 Å². The molecule has 4 rings (SSSR count). The van der Waals surface area contributed by atoms with Crippen molar-refractivity contribution in [1.29, 1.82) is 0 Å². The minimum absolute atomic E-state index is 0.293. The summed E-state index contributed by atoms with van der Waals surface area (Å²) in [6.07, 6.45) is 2.27. The molecule has 0 amide bonds. The molecule has 1 unspecified atom stereocenters. The molecular formula is C19H19F2N5O. The molecule has 6 nitrogen and oxygen atoms in total. The number of alkyl halides is 2. The first-order valence-electron chi connectivity index (χ1n) is 8.87. The number of aromatic nitrogens is 4. The standard InChI is InChI=1S/C19H19F2N5O/c1-12-9-23-17(10-22-12)25-8-4-7-15(25)18-24-14-6-3-2-5-13(14)19(27)26(18)11-16(20)21/h2-3,5-6,9-10,15-16H,4,7-8,11H2,1H3. The van der Waals surface area contributed by atoms with Gasteiger partial charge in [0.15, 0.2) is 0 Å². The number of nitrogens with zero attached hydrogens (tertiary/aromatic N) is 5. The fourth-order valence-electron chi connectivity index (χ4n) is 3.60. The third-order valence-corrected chi connectivity index (χ3v) is 4.82. The second-order valence-electron chi connectivity index (χ2n) is 6.66. The van der Waals surface area contributed by atoms with E-state index in [1.165, 1.54) is 0 Å². The van der Waals surface area contributed by atoms with Gasteiger partial charge >= 0.3 is 0 Å². The Morgan fingerprint density at radius 3 is 2.78 bits per heavy atom. The van der Waals surface area contributed by atoms with E-state index in [2.05, 4.69) is 15.0 Å². The van der Waals surface area contributed by atoms with Gasteiger partial charge in [-0.05, 0) is 31.9 Å². The van der Waals surface area contributed by atoms with Gasteiger partial charge in [0, 0.05) is 6.54 Å². The van der Waals surface area contributed by atoms with Crippen LogP contribution in [0.1, 0.15) is 30.4 Å². The van der Waals surface area contributed by atoms with E-state index in [-0.39, 0.29) is 6.04 Å². The van der Waals surface area contributed by atoms with Crippen LogP contribution >= 0.6 is 0 Å². The molecule has 1 atom stereocenters. The van der Waals surface area contributed by atoms with E-state index >= 15 is 0 Å². The Bertz CT molecular complexity index is 1020. The number of benzene rings is 1. The minimum Gasteiger partial charge on any atom is -0.345 e. The minimum atomic E-state index is -2.64. The van der Waals surface area contributed by atoms with E-state index in [0.717, 1.165) is 16.7 Å². The van der Waals surface area contributed by atoms with Crippen LogP contribution in [0.4, 0.5) is 14.6 Å². The summed E-state index contributed by atoms with van der Waals surface area (Å²) >= 11 is 0. The number of anilines is 1. The fourth-order valence-corrected chi connectivity index (χ4v) is 3.60. The molecule has 0 N–H and O–H groups in total. The highest BCUT2D eigenvalue weighted by Gasteiger charge is 2.32. The number of hydrogen-bond acceptors (Lipinski definition) is 5. The van der Waals surface area contributed by atoms with Crippen molar-refractivity contribution in [3.8, 4) is 0 Å². The molecule has 1 aliphatic heterocycles. The van der Waals surface area contributed by atoms with Gasteiger partial charge in [-0.3, -0.25) is 14.3 Å². The predicted molar refractivity (Wildman–Crippen MR) is 98.1 cm³/mol. The highest BCUT2D eigenvalue weighted by atomic mass is 19.3. The lowest BCUT2D eigenvalue weighted by atomic mass is 10.1. The molecule has 1 aliphatic rings. The van der Waals surface area contributed by atoms with Crippen LogP contribution in [-0.4, -0.2) is 32.5 Å². The molecule has 3 heterocycles. The maximum Gasteiger partial charge on any atom is 0.261 e. The average Bonchev–Trinajstić information content (AvgIpc) is 3.14. The normalized spacial score (nSPS) is 17.2. The largest absolute Gasteiger partial charge is 0.345 e. The first-order chi connectivity index (χ1) is 13.0. The fraction of sp³-hybridized carbons (Fsp3) is 0.368. The number of hydrogen-bond donors (Lipinski definition) is 0. The van der Waals surface area contributed by atoms with Crippen LogP contribution in [0.25, 0.3) is 10.9 Å². The van der Waals surface area contributed by atoms with Gasteiger partial charge in [0.1, 0.15) is 11.6 Å². The Balaban J connectivity index is 1.86. The lowest BCUT2D eigenvalue weighted by Crippen LogP contribution is -2.34. The zero-order valence-corrected chi connectivity index (χ0v) is 14.8. The summed E-state index contributed by atoms with van der Waals surface area (Å²) < 4.78 is 27.5. The summed E-state index contributed by atoms with van der Waals surface area (Å²) in [7, 11) is 0. The second kappa shape index (κ2) is 7.02. The van der Waals surface area contributed by atoms with Crippen molar-refractivity contribution in [2.45, 2.75) is 38.8 Å². The molecule has 3 aromatic rings. The van der Waals surface area contributed by atoms with Gasteiger partial charge in [-0.25, -0.2) is 18.7 Å². The summed E-state index contributed by atoms with van der Waals surface area (Å²) in [4.78, 5) is 28.2. The maximum absolute atomic E-state index is 13.2. The molecular weight excluding hydrogens is 352 g/mol. The molecule has 0 radical (unpaired) electrons. The highest BCUT2D eigenvalue weighted by Crippen LogP contribution is 2.34. The van der Waals surface area contributed by atoms with E-state index in [0.29, 0.717) is 35.5 Å². The zero-order valence-electron chi connectivity index (χ0n) is 14.8. The molecule has 1 aromatic carbocycles. The third kappa shape index (κ3) is 3.27. The van der Waals surface area contributed by atoms with E-state index in [4.69, 9.17) is 0 Å². The Morgan fingerprint density at radius 1 is 1.22 bits per heavy atom. The van der Waals surface area contributed by atoms with Gasteiger partial charge in [0.05, 0.1) is 41.6 Å². The van der Waals surface area contributed by atoms with Gasteiger partial charge in [0.25, 0.3) is 12.0 Å². The molecule has 27 heavy (non-hydrogen) atoms. The predicted octanol–water partition coefficient (Wildman–Crippen LogP) is 3.10. The van der Waals surface area contributed by atoms with Crippen molar-refractivity contribution in [2.24, 2.45) is 0 Å². The SMILES string of the molecule is Cc1cnc(N2CCCC2c2nc3ccccc3c(=O)n2CC(F)F)cn1. The summed E-state index contributed by atoms with van der Waals surface area (Å²) in [6, 6.07) is 6.56. The highest BCUT2D eigenvalue weighted by molar-refractivity contribution is 5.77. The first kappa shape index (κ1) is 17.5. The van der Waals surface area contributed by atoms with Gasteiger partial charge in [-0.2, -0.15) is 0 Å². The van der Waals surface area contributed by atoms with Crippen molar-refractivity contribution in [3.63, 3.8) is 0 Å². The topological polar surface area (TPSA) is 63.9 Å². The first-order valence-corrected chi connectivity index (χ1v) is 8.87. The Kier molecular flexibility index (Phi) is 4.55. The van der Waals surface area contributed by atoms with Gasteiger partial charge < -0.3 is 4.90 Å². The molecule has 0 saturated carbocycles. The summed E-state index contributed by atoms with van der Waals surface area (Å²) in [5.74, 6) is 1.02. The van der Waals surface area contributed by atoms with Gasteiger partial charge in [-0.15, -0.1) is 0 Å². The number of para-hydroxylation sites is 1. The van der Waals surface area contributed by atoms with Crippen molar-refractivity contribution < 1.29 is 8.78 Å².